The molecule has 0 aliphatic carbocycles. The number of hydrogen-bond donors (Lipinski definition) is 0. The molecule has 1 aromatic rings. The predicted molar refractivity (Wildman–Crippen MR) is 110 cm³/mol. The first-order valence-electron chi connectivity index (χ1n) is 10.9. The highest BCUT2D eigenvalue weighted by Crippen LogP contribution is 2.20. The van der Waals surface area contributed by atoms with Gasteiger partial charge >= 0.3 is 5.63 Å². The van der Waals surface area contributed by atoms with Crippen molar-refractivity contribution in [3.63, 3.8) is 0 Å². The molecule has 0 spiro atoms. The molecule has 0 saturated carbocycles. The van der Waals surface area contributed by atoms with Crippen LogP contribution in [0.15, 0.2) is 15.3 Å². The number of hydrogen-bond acceptors (Lipinski definition) is 3. The SMILES string of the molecule is CCCCCCCCCCCc1cc(OC)c(CCCCCC)c(=O)o1. The minimum absolute atomic E-state index is 0.202. The van der Waals surface area contributed by atoms with Gasteiger partial charge in [-0.05, 0) is 19.3 Å². The molecule has 3 nitrogen and oxygen atoms in total. The minimum atomic E-state index is -0.202. The van der Waals surface area contributed by atoms with E-state index in [0.717, 1.165) is 37.9 Å². The first-order valence-corrected chi connectivity index (χ1v) is 10.9. The van der Waals surface area contributed by atoms with Gasteiger partial charge in [0.1, 0.15) is 11.5 Å². The Morgan fingerprint density at radius 3 is 1.85 bits per heavy atom. The lowest BCUT2D eigenvalue weighted by Crippen LogP contribution is -2.11. The summed E-state index contributed by atoms with van der Waals surface area (Å²) in [6.45, 7) is 4.45. The lowest BCUT2D eigenvalue weighted by molar-refractivity contribution is 0.379. The quantitative estimate of drug-likeness (QED) is 0.301. The van der Waals surface area contributed by atoms with Crippen molar-refractivity contribution in [2.45, 2.75) is 110 Å². The Morgan fingerprint density at radius 2 is 1.27 bits per heavy atom. The zero-order chi connectivity index (χ0) is 19.0. The van der Waals surface area contributed by atoms with Crippen molar-refractivity contribution in [2.24, 2.45) is 0 Å². The summed E-state index contributed by atoms with van der Waals surface area (Å²) in [5, 5.41) is 0. The van der Waals surface area contributed by atoms with Crippen molar-refractivity contribution in [1.82, 2.24) is 0 Å². The van der Waals surface area contributed by atoms with Crippen molar-refractivity contribution < 1.29 is 9.15 Å². The Hall–Kier alpha value is -1.25. The molecule has 0 N–H and O–H groups in total. The smallest absolute Gasteiger partial charge is 0.342 e. The fraction of sp³-hybridized carbons (Fsp3) is 0.783. The number of aryl methyl sites for hydroxylation is 1. The number of unbranched alkanes of at least 4 members (excludes halogenated alkanes) is 11. The highest BCUT2D eigenvalue weighted by molar-refractivity contribution is 5.31. The molecule has 0 aromatic carbocycles. The molecule has 1 rings (SSSR count). The van der Waals surface area contributed by atoms with Crippen LogP contribution in [0.1, 0.15) is 109 Å². The molecular weight excluding hydrogens is 324 g/mol. The Morgan fingerprint density at radius 1 is 0.769 bits per heavy atom. The van der Waals surface area contributed by atoms with Gasteiger partial charge in [-0.2, -0.15) is 0 Å². The van der Waals surface area contributed by atoms with E-state index in [1.165, 1.54) is 64.2 Å². The van der Waals surface area contributed by atoms with Gasteiger partial charge in [0.05, 0.1) is 12.7 Å². The van der Waals surface area contributed by atoms with E-state index in [4.69, 9.17) is 9.15 Å². The maximum absolute atomic E-state index is 12.3. The van der Waals surface area contributed by atoms with Gasteiger partial charge in [-0.15, -0.1) is 0 Å². The molecule has 3 heteroatoms. The van der Waals surface area contributed by atoms with Gasteiger partial charge in [-0.25, -0.2) is 4.79 Å². The summed E-state index contributed by atoms with van der Waals surface area (Å²) in [7, 11) is 1.65. The van der Waals surface area contributed by atoms with Crippen molar-refractivity contribution in [3.8, 4) is 5.75 Å². The van der Waals surface area contributed by atoms with Crippen molar-refractivity contribution >= 4 is 0 Å². The van der Waals surface area contributed by atoms with Gasteiger partial charge in [0.25, 0.3) is 0 Å². The second-order valence-electron chi connectivity index (χ2n) is 7.44. The van der Waals surface area contributed by atoms with Gasteiger partial charge in [-0.3, -0.25) is 0 Å². The zero-order valence-corrected chi connectivity index (χ0v) is 17.4. The van der Waals surface area contributed by atoms with Crippen LogP contribution in [0, 0.1) is 0 Å². The molecule has 1 heterocycles. The summed E-state index contributed by atoms with van der Waals surface area (Å²) in [4.78, 5) is 12.3. The maximum atomic E-state index is 12.3. The number of methoxy groups -OCH3 is 1. The molecule has 0 amide bonds. The van der Waals surface area contributed by atoms with Crippen LogP contribution in [-0.4, -0.2) is 7.11 Å². The van der Waals surface area contributed by atoms with E-state index in [1.807, 2.05) is 6.07 Å². The van der Waals surface area contributed by atoms with Gasteiger partial charge in [0.15, 0.2) is 0 Å². The van der Waals surface area contributed by atoms with E-state index in [1.54, 1.807) is 7.11 Å². The third kappa shape index (κ3) is 9.45. The fourth-order valence-electron chi connectivity index (χ4n) is 3.41. The third-order valence-corrected chi connectivity index (χ3v) is 5.09. The van der Waals surface area contributed by atoms with Gasteiger partial charge in [0, 0.05) is 12.5 Å². The van der Waals surface area contributed by atoms with Crippen LogP contribution in [0.25, 0.3) is 0 Å². The van der Waals surface area contributed by atoms with Crippen LogP contribution >= 0.6 is 0 Å². The zero-order valence-electron chi connectivity index (χ0n) is 17.4. The average molecular weight is 365 g/mol. The van der Waals surface area contributed by atoms with E-state index >= 15 is 0 Å². The molecule has 0 bridgehead atoms. The molecule has 0 saturated heterocycles. The molecule has 0 fully saturated rings. The van der Waals surface area contributed by atoms with Crippen LogP contribution in [-0.2, 0) is 12.8 Å². The van der Waals surface area contributed by atoms with Gasteiger partial charge < -0.3 is 9.15 Å². The standard InChI is InChI=1S/C23H40O3/c1-4-6-8-10-11-12-13-14-15-17-20-19-22(25-3)21(23(24)26-20)18-16-9-7-5-2/h19H,4-18H2,1-3H3. The van der Waals surface area contributed by atoms with Crippen LogP contribution in [0.4, 0.5) is 0 Å². The van der Waals surface area contributed by atoms with E-state index in [2.05, 4.69) is 13.8 Å². The molecule has 0 aliphatic rings. The predicted octanol–water partition coefficient (Wildman–Crippen LogP) is 6.84. The summed E-state index contributed by atoms with van der Waals surface area (Å²) in [5.41, 5.74) is 0.506. The second kappa shape index (κ2) is 14.9. The number of rotatable bonds is 16. The van der Waals surface area contributed by atoms with E-state index in [0.29, 0.717) is 11.3 Å². The monoisotopic (exact) mass is 364 g/mol. The third-order valence-electron chi connectivity index (χ3n) is 5.09. The average Bonchev–Trinajstić information content (AvgIpc) is 2.64. The summed E-state index contributed by atoms with van der Waals surface area (Å²) in [5.74, 6) is 1.48. The molecule has 0 aliphatic heterocycles. The second-order valence-corrected chi connectivity index (χ2v) is 7.44. The topological polar surface area (TPSA) is 39.4 Å². The van der Waals surface area contributed by atoms with Crippen molar-refractivity contribution in [1.29, 1.82) is 0 Å². The Bertz CT molecular complexity index is 519. The Balaban J connectivity index is 2.34. The summed E-state index contributed by atoms with van der Waals surface area (Å²) < 4.78 is 11.0. The van der Waals surface area contributed by atoms with Crippen LogP contribution in [0.3, 0.4) is 0 Å². The first kappa shape index (κ1) is 22.8. The lowest BCUT2D eigenvalue weighted by Gasteiger charge is -2.09. The van der Waals surface area contributed by atoms with Gasteiger partial charge in [0.2, 0.25) is 0 Å². The van der Waals surface area contributed by atoms with Crippen LogP contribution < -0.4 is 10.4 Å². The molecule has 0 unspecified atom stereocenters. The molecular formula is C23H40O3. The van der Waals surface area contributed by atoms with Crippen molar-refractivity contribution in [2.75, 3.05) is 7.11 Å². The van der Waals surface area contributed by atoms with E-state index < -0.39 is 0 Å². The normalized spacial score (nSPS) is 11.0. The molecule has 0 radical (unpaired) electrons. The summed E-state index contributed by atoms with van der Waals surface area (Å²) in [6.07, 6.45) is 17.9. The molecule has 0 atom stereocenters. The highest BCUT2D eigenvalue weighted by atomic mass is 16.5. The van der Waals surface area contributed by atoms with Crippen molar-refractivity contribution in [3.05, 3.63) is 27.8 Å². The minimum Gasteiger partial charge on any atom is -0.496 e. The fourth-order valence-corrected chi connectivity index (χ4v) is 3.41. The van der Waals surface area contributed by atoms with Crippen LogP contribution in [0.2, 0.25) is 0 Å². The lowest BCUT2D eigenvalue weighted by atomic mass is 10.0. The first-order chi connectivity index (χ1) is 12.7. The summed E-state index contributed by atoms with van der Waals surface area (Å²) in [6, 6.07) is 1.93. The Labute approximate surface area is 160 Å². The van der Waals surface area contributed by atoms with Gasteiger partial charge in [-0.1, -0.05) is 84.5 Å². The largest absolute Gasteiger partial charge is 0.496 e. The van der Waals surface area contributed by atoms with Crippen LogP contribution in [0.5, 0.6) is 5.75 Å². The Kier molecular flexibility index (Phi) is 13.0. The molecule has 150 valence electrons. The van der Waals surface area contributed by atoms with E-state index in [-0.39, 0.29) is 5.63 Å². The maximum Gasteiger partial charge on any atom is 0.342 e. The molecule has 1 aromatic heterocycles. The number of ether oxygens (including phenoxy) is 1. The molecule has 26 heavy (non-hydrogen) atoms. The summed E-state index contributed by atoms with van der Waals surface area (Å²) >= 11 is 0. The van der Waals surface area contributed by atoms with E-state index in [9.17, 15) is 4.79 Å². The highest BCUT2D eigenvalue weighted by Gasteiger charge is 2.12.